The van der Waals surface area contributed by atoms with E-state index in [2.05, 4.69) is 10.6 Å². The Morgan fingerprint density at radius 3 is 1.80 bits per heavy atom. The molecule has 0 radical (unpaired) electrons. The number of hydrogen-bond acceptors (Lipinski definition) is 2. The maximum atomic E-state index is 13.4. The van der Waals surface area contributed by atoms with Crippen LogP contribution >= 0.6 is 0 Å². The van der Waals surface area contributed by atoms with Crippen molar-refractivity contribution in [2.24, 2.45) is 5.92 Å². The van der Waals surface area contributed by atoms with E-state index >= 15 is 0 Å². The van der Waals surface area contributed by atoms with Crippen LogP contribution in [0.3, 0.4) is 0 Å². The molecule has 0 bridgehead atoms. The molecular formula is C26H28N2O2. The molecule has 0 aliphatic carbocycles. The molecule has 0 heterocycles. The average Bonchev–Trinajstić information content (AvgIpc) is 2.73. The van der Waals surface area contributed by atoms with Crippen LogP contribution in [0.15, 0.2) is 84.9 Å². The maximum absolute atomic E-state index is 13.4. The first kappa shape index (κ1) is 21.3. The second-order valence-corrected chi connectivity index (χ2v) is 7.84. The quantitative estimate of drug-likeness (QED) is 0.592. The van der Waals surface area contributed by atoms with Crippen LogP contribution in [0.4, 0.5) is 5.69 Å². The predicted molar refractivity (Wildman–Crippen MR) is 121 cm³/mol. The number of nitrogens with one attached hydrogen (secondary N) is 2. The van der Waals surface area contributed by atoms with Gasteiger partial charge in [-0.2, -0.15) is 0 Å². The molecule has 0 saturated carbocycles. The first-order chi connectivity index (χ1) is 14.5. The van der Waals surface area contributed by atoms with Crippen LogP contribution in [0.5, 0.6) is 0 Å². The first-order valence-corrected chi connectivity index (χ1v) is 10.2. The van der Waals surface area contributed by atoms with Gasteiger partial charge < -0.3 is 10.6 Å². The van der Waals surface area contributed by atoms with Gasteiger partial charge in [-0.1, -0.05) is 86.6 Å². The minimum Gasteiger partial charge on any atom is -0.343 e. The minimum absolute atomic E-state index is 0.0639. The Hall–Kier alpha value is -3.40. The van der Waals surface area contributed by atoms with Crippen molar-refractivity contribution in [1.29, 1.82) is 0 Å². The fourth-order valence-electron chi connectivity index (χ4n) is 3.50. The number of aryl methyl sites for hydroxylation is 1. The van der Waals surface area contributed by atoms with Gasteiger partial charge in [0.2, 0.25) is 11.8 Å². The van der Waals surface area contributed by atoms with Gasteiger partial charge in [-0.25, -0.2) is 0 Å². The van der Waals surface area contributed by atoms with Gasteiger partial charge in [-0.3, -0.25) is 9.59 Å². The summed E-state index contributed by atoms with van der Waals surface area (Å²) in [7, 11) is 0. The summed E-state index contributed by atoms with van der Waals surface area (Å²) in [6.07, 6.45) is 0. The number of anilines is 1. The molecule has 30 heavy (non-hydrogen) atoms. The van der Waals surface area contributed by atoms with E-state index in [1.165, 1.54) is 0 Å². The van der Waals surface area contributed by atoms with E-state index in [0.29, 0.717) is 0 Å². The smallest absolute Gasteiger partial charge is 0.247 e. The van der Waals surface area contributed by atoms with Gasteiger partial charge >= 0.3 is 0 Å². The molecule has 0 saturated heterocycles. The molecule has 0 aliphatic heterocycles. The van der Waals surface area contributed by atoms with Crippen molar-refractivity contribution < 1.29 is 9.59 Å². The molecule has 4 heteroatoms. The summed E-state index contributed by atoms with van der Waals surface area (Å²) >= 11 is 0. The molecule has 1 atom stereocenters. The highest BCUT2D eigenvalue weighted by molar-refractivity contribution is 5.98. The van der Waals surface area contributed by atoms with Gasteiger partial charge in [0.25, 0.3) is 0 Å². The lowest BCUT2D eigenvalue weighted by atomic mass is 9.89. The van der Waals surface area contributed by atoms with Crippen LogP contribution in [0.25, 0.3) is 0 Å². The van der Waals surface area contributed by atoms with Crippen LogP contribution in [-0.4, -0.2) is 17.9 Å². The Balaban J connectivity index is 1.83. The third kappa shape index (κ3) is 5.35. The van der Waals surface area contributed by atoms with E-state index in [4.69, 9.17) is 0 Å². The maximum Gasteiger partial charge on any atom is 0.247 e. The average molecular weight is 401 g/mol. The van der Waals surface area contributed by atoms with Crippen molar-refractivity contribution in [3.8, 4) is 0 Å². The number of hydrogen-bond donors (Lipinski definition) is 2. The molecule has 2 N–H and O–H groups in total. The Kier molecular flexibility index (Phi) is 7.02. The van der Waals surface area contributed by atoms with E-state index in [9.17, 15) is 9.59 Å². The SMILES string of the molecule is Cc1cccc(NC(=O)[C@@H](NC(=O)C(c2ccccc2)c2ccccc2)C(C)C)c1. The number of rotatable bonds is 7. The van der Waals surface area contributed by atoms with Crippen molar-refractivity contribution in [2.45, 2.75) is 32.7 Å². The Morgan fingerprint density at radius 2 is 1.30 bits per heavy atom. The topological polar surface area (TPSA) is 58.2 Å². The van der Waals surface area contributed by atoms with Crippen LogP contribution in [0.1, 0.15) is 36.5 Å². The minimum atomic E-state index is -0.645. The summed E-state index contributed by atoms with van der Waals surface area (Å²) in [5.74, 6) is -0.958. The second kappa shape index (κ2) is 9.88. The molecule has 0 unspecified atom stereocenters. The van der Waals surface area contributed by atoms with Crippen molar-refractivity contribution in [1.82, 2.24) is 5.32 Å². The molecule has 0 aliphatic rings. The lowest BCUT2D eigenvalue weighted by molar-refractivity contribution is -0.127. The number of carbonyl (C=O) groups is 2. The van der Waals surface area contributed by atoms with Gasteiger partial charge in [0.05, 0.1) is 5.92 Å². The number of amides is 2. The van der Waals surface area contributed by atoms with E-state index in [1.807, 2.05) is 106 Å². The summed E-state index contributed by atoms with van der Waals surface area (Å²) in [5, 5.41) is 5.93. The molecule has 3 aromatic carbocycles. The zero-order valence-corrected chi connectivity index (χ0v) is 17.6. The van der Waals surface area contributed by atoms with E-state index in [-0.39, 0.29) is 17.7 Å². The highest BCUT2D eigenvalue weighted by atomic mass is 16.2. The zero-order chi connectivity index (χ0) is 21.5. The molecule has 0 fully saturated rings. The van der Waals surface area contributed by atoms with Crippen molar-refractivity contribution in [2.75, 3.05) is 5.32 Å². The fourth-order valence-corrected chi connectivity index (χ4v) is 3.50. The van der Waals surface area contributed by atoms with E-state index in [0.717, 1.165) is 22.4 Å². The molecule has 2 amide bonds. The number of benzene rings is 3. The first-order valence-electron chi connectivity index (χ1n) is 10.2. The van der Waals surface area contributed by atoms with Gasteiger partial charge in [0.1, 0.15) is 6.04 Å². The normalized spacial score (nSPS) is 11.9. The van der Waals surface area contributed by atoms with Crippen molar-refractivity contribution in [3.63, 3.8) is 0 Å². The van der Waals surface area contributed by atoms with Crippen LogP contribution in [0.2, 0.25) is 0 Å². The zero-order valence-electron chi connectivity index (χ0n) is 17.6. The lowest BCUT2D eigenvalue weighted by Gasteiger charge is -2.25. The summed E-state index contributed by atoms with van der Waals surface area (Å²) < 4.78 is 0. The lowest BCUT2D eigenvalue weighted by Crippen LogP contribution is -2.48. The Labute approximate surface area is 178 Å². The highest BCUT2D eigenvalue weighted by Gasteiger charge is 2.29. The third-order valence-electron chi connectivity index (χ3n) is 5.06. The Morgan fingerprint density at radius 1 is 0.733 bits per heavy atom. The molecular weight excluding hydrogens is 372 g/mol. The van der Waals surface area contributed by atoms with Crippen molar-refractivity contribution >= 4 is 17.5 Å². The summed E-state index contributed by atoms with van der Waals surface area (Å²) in [5.41, 5.74) is 3.57. The largest absolute Gasteiger partial charge is 0.343 e. The molecule has 4 nitrogen and oxygen atoms in total. The molecule has 3 aromatic rings. The summed E-state index contributed by atoms with van der Waals surface area (Å²) in [6, 6.07) is 26.3. The van der Waals surface area contributed by atoms with Gasteiger partial charge in [0.15, 0.2) is 0 Å². The van der Waals surface area contributed by atoms with Gasteiger partial charge in [0, 0.05) is 5.69 Å². The third-order valence-corrected chi connectivity index (χ3v) is 5.06. The number of carbonyl (C=O) groups excluding carboxylic acids is 2. The Bertz CT molecular complexity index is 945. The summed E-state index contributed by atoms with van der Waals surface area (Å²) in [4.78, 5) is 26.3. The standard InChI is InChI=1S/C26H28N2O2/c1-18(2)24(26(30)27-22-16-10-11-19(3)17-22)28-25(29)23(20-12-6-4-7-13-20)21-14-8-5-9-15-21/h4-18,23-24H,1-3H3,(H,27,30)(H,28,29)/t24-/m0/s1. The molecule has 0 aromatic heterocycles. The van der Waals surface area contributed by atoms with Gasteiger partial charge in [-0.05, 0) is 41.7 Å². The molecule has 0 spiro atoms. The fraction of sp³-hybridized carbons (Fsp3) is 0.231. The van der Waals surface area contributed by atoms with Crippen LogP contribution < -0.4 is 10.6 Å². The molecule has 3 rings (SSSR count). The highest BCUT2D eigenvalue weighted by Crippen LogP contribution is 2.25. The van der Waals surface area contributed by atoms with Crippen LogP contribution in [-0.2, 0) is 9.59 Å². The van der Waals surface area contributed by atoms with E-state index < -0.39 is 12.0 Å². The monoisotopic (exact) mass is 400 g/mol. The van der Waals surface area contributed by atoms with Crippen molar-refractivity contribution in [3.05, 3.63) is 102 Å². The van der Waals surface area contributed by atoms with E-state index in [1.54, 1.807) is 0 Å². The summed E-state index contributed by atoms with van der Waals surface area (Å²) in [6.45, 7) is 5.84. The molecule has 154 valence electrons. The van der Waals surface area contributed by atoms with Crippen LogP contribution in [0, 0.1) is 12.8 Å². The van der Waals surface area contributed by atoms with Gasteiger partial charge in [-0.15, -0.1) is 0 Å². The predicted octanol–water partition coefficient (Wildman–Crippen LogP) is 4.91. The second-order valence-electron chi connectivity index (χ2n) is 7.84.